The number of hydrogen-bond donors (Lipinski definition) is 1. The summed E-state index contributed by atoms with van der Waals surface area (Å²) >= 11 is 19.6. The number of thioether (sulfide) groups is 1. The number of hydrogen-bond acceptors (Lipinski definition) is 2. The molecule has 0 saturated carbocycles. The number of anilines is 1. The fraction of sp³-hybridized carbons (Fsp3) is 0.0769. The quantitative estimate of drug-likeness (QED) is 0.595. The summed E-state index contributed by atoms with van der Waals surface area (Å²) in [5, 5.41) is 1.80. The summed E-state index contributed by atoms with van der Waals surface area (Å²) in [4.78, 5) is 1.05. The Morgan fingerprint density at radius 1 is 0.889 bits per heavy atom. The molecule has 0 radical (unpaired) electrons. The maximum absolute atomic E-state index is 6.11. The predicted molar refractivity (Wildman–Crippen MR) is 81.9 cm³/mol. The number of rotatable bonds is 3. The molecule has 18 heavy (non-hydrogen) atoms. The van der Waals surface area contributed by atoms with E-state index in [1.807, 2.05) is 24.3 Å². The monoisotopic (exact) mass is 317 g/mol. The van der Waals surface area contributed by atoms with Crippen molar-refractivity contribution in [2.75, 3.05) is 5.73 Å². The SMILES string of the molecule is Nc1ccc(CSc2ccc(Cl)c(Cl)c2)c(Cl)c1. The minimum atomic E-state index is 0.560. The zero-order valence-corrected chi connectivity index (χ0v) is 12.4. The highest BCUT2D eigenvalue weighted by molar-refractivity contribution is 7.98. The average Bonchev–Trinajstić information content (AvgIpc) is 2.32. The molecule has 0 spiro atoms. The molecule has 0 aromatic heterocycles. The smallest absolute Gasteiger partial charge is 0.0603 e. The minimum Gasteiger partial charge on any atom is -0.399 e. The van der Waals surface area contributed by atoms with Gasteiger partial charge in [-0.05, 0) is 35.9 Å². The van der Waals surface area contributed by atoms with E-state index in [9.17, 15) is 0 Å². The predicted octanol–water partition coefficient (Wildman–Crippen LogP) is 5.52. The van der Waals surface area contributed by atoms with Crippen molar-refractivity contribution in [3.05, 3.63) is 57.0 Å². The maximum Gasteiger partial charge on any atom is 0.0603 e. The molecule has 94 valence electrons. The van der Waals surface area contributed by atoms with E-state index in [-0.39, 0.29) is 0 Å². The lowest BCUT2D eigenvalue weighted by molar-refractivity contribution is 1.38. The Morgan fingerprint density at radius 3 is 2.33 bits per heavy atom. The van der Waals surface area contributed by atoms with Crippen LogP contribution in [0.25, 0.3) is 0 Å². The van der Waals surface area contributed by atoms with Gasteiger partial charge < -0.3 is 5.73 Å². The number of nitrogens with two attached hydrogens (primary N) is 1. The third-order valence-corrected chi connectivity index (χ3v) is 4.50. The topological polar surface area (TPSA) is 26.0 Å². The van der Waals surface area contributed by atoms with Gasteiger partial charge in [-0.15, -0.1) is 11.8 Å². The summed E-state index contributed by atoms with van der Waals surface area (Å²) in [6.07, 6.45) is 0. The molecule has 0 saturated heterocycles. The Morgan fingerprint density at radius 2 is 1.67 bits per heavy atom. The van der Waals surface area contributed by atoms with Crippen molar-refractivity contribution in [1.82, 2.24) is 0 Å². The first-order chi connectivity index (χ1) is 8.56. The summed E-state index contributed by atoms with van der Waals surface area (Å²) in [5.74, 6) is 0.761. The highest BCUT2D eigenvalue weighted by Gasteiger charge is 2.04. The normalized spacial score (nSPS) is 10.6. The molecule has 0 atom stereocenters. The highest BCUT2D eigenvalue weighted by atomic mass is 35.5. The summed E-state index contributed by atoms with van der Waals surface area (Å²) in [6.45, 7) is 0. The standard InChI is InChI=1S/C13H10Cl3NS/c14-11-4-3-10(6-13(11)16)18-7-8-1-2-9(17)5-12(8)15/h1-6H,7,17H2. The Hall–Kier alpha value is -0.540. The Labute approximate surface area is 125 Å². The molecular formula is C13H10Cl3NS. The molecule has 0 aliphatic carbocycles. The van der Waals surface area contributed by atoms with Gasteiger partial charge in [-0.3, -0.25) is 0 Å². The third kappa shape index (κ3) is 3.48. The molecule has 0 fully saturated rings. The fourth-order valence-corrected chi connectivity index (χ4v) is 3.05. The maximum atomic E-state index is 6.11. The van der Waals surface area contributed by atoms with Crippen LogP contribution in [-0.4, -0.2) is 0 Å². The molecule has 5 heteroatoms. The summed E-state index contributed by atoms with van der Waals surface area (Å²) < 4.78 is 0. The summed E-state index contributed by atoms with van der Waals surface area (Å²) in [5.41, 5.74) is 7.36. The lowest BCUT2D eigenvalue weighted by atomic mass is 10.2. The number of nitrogen functional groups attached to an aromatic ring is 1. The molecular weight excluding hydrogens is 309 g/mol. The zero-order chi connectivity index (χ0) is 13.1. The van der Waals surface area contributed by atoms with Gasteiger partial charge in [0.15, 0.2) is 0 Å². The zero-order valence-electron chi connectivity index (χ0n) is 9.29. The van der Waals surface area contributed by atoms with E-state index in [4.69, 9.17) is 40.5 Å². The first-order valence-electron chi connectivity index (χ1n) is 5.18. The molecule has 1 nitrogen and oxygen atoms in total. The van der Waals surface area contributed by atoms with Crippen LogP contribution < -0.4 is 5.73 Å². The van der Waals surface area contributed by atoms with Crippen LogP contribution in [-0.2, 0) is 5.75 Å². The second-order valence-corrected chi connectivity index (χ2v) is 5.99. The van der Waals surface area contributed by atoms with Crippen molar-refractivity contribution in [1.29, 1.82) is 0 Å². The fourth-order valence-electron chi connectivity index (χ4n) is 1.41. The van der Waals surface area contributed by atoms with Gasteiger partial charge in [-0.25, -0.2) is 0 Å². The van der Waals surface area contributed by atoms with Gasteiger partial charge in [0, 0.05) is 21.4 Å². The largest absolute Gasteiger partial charge is 0.399 e. The Kier molecular flexibility index (Phi) is 4.68. The second kappa shape index (κ2) is 6.07. The van der Waals surface area contributed by atoms with E-state index in [1.165, 1.54) is 0 Å². The molecule has 0 aliphatic heterocycles. The summed E-state index contributed by atoms with van der Waals surface area (Å²) in [6, 6.07) is 11.1. The first-order valence-corrected chi connectivity index (χ1v) is 7.30. The Balaban J connectivity index is 2.09. The van der Waals surface area contributed by atoms with E-state index in [2.05, 4.69) is 0 Å². The van der Waals surface area contributed by atoms with Crippen molar-refractivity contribution in [2.45, 2.75) is 10.6 Å². The number of benzene rings is 2. The van der Waals surface area contributed by atoms with Gasteiger partial charge >= 0.3 is 0 Å². The molecule has 0 unspecified atom stereocenters. The van der Waals surface area contributed by atoms with Crippen LogP contribution in [0.2, 0.25) is 15.1 Å². The molecule has 0 amide bonds. The van der Waals surface area contributed by atoms with E-state index in [0.29, 0.717) is 20.8 Å². The van der Waals surface area contributed by atoms with Crippen LogP contribution in [0.4, 0.5) is 5.69 Å². The molecule has 0 heterocycles. The second-order valence-electron chi connectivity index (χ2n) is 3.72. The van der Waals surface area contributed by atoms with Crippen LogP contribution in [0, 0.1) is 0 Å². The molecule has 0 aliphatic rings. The van der Waals surface area contributed by atoms with Crippen LogP contribution in [0.5, 0.6) is 0 Å². The molecule has 2 rings (SSSR count). The highest BCUT2D eigenvalue weighted by Crippen LogP contribution is 2.31. The van der Waals surface area contributed by atoms with E-state index >= 15 is 0 Å². The van der Waals surface area contributed by atoms with Crippen molar-refractivity contribution >= 4 is 52.3 Å². The van der Waals surface area contributed by atoms with Gasteiger partial charge in [-0.2, -0.15) is 0 Å². The third-order valence-electron chi connectivity index (χ3n) is 2.36. The molecule has 2 aromatic carbocycles. The lowest BCUT2D eigenvalue weighted by Gasteiger charge is -2.06. The van der Waals surface area contributed by atoms with Gasteiger partial charge in [0.2, 0.25) is 0 Å². The van der Waals surface area contributed by atoms with Crippen molar-refractivity contribution in [3.8, 4) is 0 Å². The van der Waals surface area contributed by atoms with Gasteiger partial charge in [0.05, 0.1) is 10.0 Å². The van der Waals surface area contributed by atoms with E-state index in [1.54, 1.807) is 23.9 Å². The van der Waals surface area contributed by atoms with Gasteiger partial charge in [0.25, 0.3) is 0 Å². The molecule has 0 bridgehead atoms. The first kappa shape index (κ1) is 13.9. The average molecular weight is 319 g/mol. The van der Waals surface area contributed by atoms with E-state index in [0.717, 1.165) is 16.2 Å². The van der Waals surface area contributed by atoms with Gasteiger partial charge in [0.1, 0.15) is 0 Å². The number of halogens is 3. The van der Waals surface area contributed by atoms with Crippen LogP contribution in [0.1, 0.15) is 5.56 Å². The Bertz CT molecular complexity index is 572. The molecule has 2 N–H and O–H groups in total. The van der Waals surface area contributed by atoms with Gasteiger partial charge in [-0.1, -0.05) is 40.9 Å². The van der Waals surface area contributed by atoms with Crippen LogP contribution in [0.3, 0.4) is 0 Å². The van der Waals surface area contributed by atoms with Crippen LogP contribution >= 0.6 is 46.6 Å². The van der Waals surface area contributed by atoms with E-state index < -0.39 is 0 Å². The lowest BCUT2D eigenvalue weighted by Crippen LogP contribution is -1.88. The summed E-state index contributed by atoms with van der Waals surface area (Å²) in [7, 11) is 0. The minimum absolute atomic E-state index is 0.560. The van der Waals surface area contributed by atoms with Crippen LogP contribution in [0.15, 0.2) is 41.3 Å². The van der Waals surface area contributed by atoms with Crippen molar-refractivity contribution in [3.63, 3.8) is 0 Å². The molecule has 2 aromatic rings. The van der Waals surface area contributed by atoms with Crippen molar-refractivity contribution < 1.29 is 0 Å². The van der Waals surface area contributed by atoms with Crippen molar-refractivity contribution in [2.24, 2.45) is 0 Å².